The van der Waals surface area contributed by atoms with E-state index >= 15 is 0 Å². The average Bonchev–Trinajstić information content (AvgIpc) is 2.98. The predicted octanol–water partition coefficient (Wildman–Crippen LogP) is 4.46. The Morgan fingerprint density at radius 2 is 1.91 bits per heavy atom. The first-order chi connectivity index (χ1) is 10.4. The largest absolute Gasteiger partial charge is 0.453 e. The van der Waals surface area contributed by atoms with Crippen LogP contribution in [0.1, 0.15) is 44.8 Å². The van der Waals surface area contributed by atoms with Gasteiger partial charge in [0.15, 0.2) is 11.5 Å². The predicted molar refractivity (Wildman–Crippen MR) is 84.9 cm³/mol. The molecule has 2 aromatic heterocycles. The van der Waals surface area contributed by atoms with E-state index in [1.54, 1.807) is 38.1 Å². The lowest BCUT2D eigenvalue weighted by Gasteiger charge is -1.97. The van der Waals surface area contributed by atoms with Crippen LogP contribution in [0, 0.1) is 13.8 Å². The van der Waals surface area contributed by atoms with Crippen molar-refractivity contribution in [3.63, 3.8) is 0 Å². The fraction of sp³-hybridized carbons (Fsp3) is 0.176. The zero-order chi connectivity index (χ0) is 16.0. The summed E-state index contributed by atoms with van der Waals surface area (Å²) in [6, 6.07) is 6.83. The van der Waals surface area contributed by atoms with Gasteiger partial charge < -0.3 is 9.40 Å². The highest BCUT2D eigenvalue weighted by Crippen LogP contribution is 2.26. The molecule has 0 saturated carbocycles. The summed E-state index contributed by atoms with van der Waals surface area (Å²) in [7, 11) is 0. The van der Waals surface area contributed by atoms with E-state index in [1.165, 1.54) is 6.92 Å². The summed E-state index contributed by atoms with van der Waals surface area (Å²) < 4.78 is 5.59. The number of Topliss-reactive ketones (excluding diaryl/α,β-unsaturated/α-hetero) is 1. The Kier molecular flexibility index (Phi) is 3.41. The summed E-state index contributed by atoms with van der Waals surface area (Å²) in [5, 5.41) is 1.35. The molecule has 5 heteroatoms. The highest BCUT2D eigenvalue weighted by Gasteiger charge is 2.23. The molecule has 0 bridgehead atoms. The maximum absolute atomic E-state index is 12.6. The Balaban J connectivity index is 2.10. The highest BCUT2D eigenvalue weighted by molar-refractivity contribution is 6.31. The molecule has 0 aliphatic rings. The third kappa shape index (κ3) is 2.25. The van der Waals surface area contributed by atoms with Gasteiger partial charge in [-0.05, 0) is 50.6 Å². The first-order valence-corrected chi connectivity index (χ1v) is 7.20. The molecule has 1 N–H and O–H groups in total. The second-order valence-corrected chi connectivity index (χ2v) is 5.74. The molecule has 0 fully saturated rings. The fourth-order valence-electron chi connectivity index (χ4n) is 2.75. The minimum atomic E-state index is -0.277. The van der Waals surface area contributed by atoms with Crippen LogP contribution >= 0.6 is 11.6 Å². The summed E-state index contributed by atoms with van der Waals surface area (Å²) in [5.74, 6) is -0.126. The van der Waals surface area contributed by atoms with E-state index < -0.39 is 0 Å². The Morgan fingerprint density at radius 3 is 2.55 bits per heavy atom. The number of benzene rings is 1. The molecule has 3 rings (SSSR count). The van der Waals surface area contributed by atoms with Crippen LogP contribution in [0.15, 0.2) is 28.7 Å². The van der Waals surface area contributed by atoms with Gasteiger partial charge in [-0.15, -0.1) is 0 Å². The summed E-state index contributed by atoms with van der Waals surface area (Å²) >= 11 is 5.94. The lowest BCUT2D eigenvalue weighted by Crippen LogP contribution is -2.03. The number of hydrogen-bond acceptors (Lipinski definition) is 3. The SMILES string of the molecule is CC(=O)c1c(C)[nH]c(C(=O)c2cc3cc(Cl)ccc3o2)c1C. The minimum absolute atomic E-state index is 0.0679. The maximum Gasteiger partial charge on any atom is 0.244 e. The van der Waals surface area contributed by atoms with Crippen LogP contribution in [0.4, 0.5) is 0 Å². The smallest absolute Gasteiger partial charge is 0.244 e. The van der Waals surface area contributed by atoms with E-state index in [2.05, 4.69) is 4.98 Å². The fourth-order valence-corrected chi connectivity index (χ4v) is 2.94. The molecule has 0 saturated heterocycles. The molecule has 4 nitrogen and oxygen atoms in total. The Labute approximate surface area is 132 Å². The van der Waals surface area contributed by atoms with Gasteiger partial charge in [-0.3, -0.25) is 9.59 Å². The minimum Gasteiger partial charge on any atom is -0.453 e. The van der Waals surface area contributed by atoms with Gasteiger partial charge in [-0.1, -0.05) is 11.6 Å². The molecule has 0 aliphatic carbocycles. The van der Waals surface area contributed by atoms with Crippen LogP contribution in [-0.2, 0) is 0 Å². The molecule has 0 unspecified atom stereocenters. The molecule has 0 spiro atoms. The number of nitrogens with one attached hydrogen (secondary N) is 1. The van der Waals surface area contributed by atoms with Crippen LogP contribution in [0.3, 0.4) is 0 Å². The summed E-state index contributed by atoms with van der Waals surface area (Å²) in [4.78, 5) is 27.3. The van der Waals surface area contributed by atoms with Gasteiger partial charge in [-0.2, -0.15) is 0 Å². The quantitative estimate of drug-likeness (QED) is 0.725. The lowest BCUT2D eigenvalue weighted by molar-refractivity contribution is 0.100. The monoisotopic (exact) mass is 315 g/mol. The number of carbonyl (C=O) groups is 2. The molecule has 0 aliphatic heterocycles. The third-order valence-corrected chi connectivity index (χ3v) is 3.95. The molecule has 3 aromatic rings. The van der Waals surface area contributed by atoms with Gasteiger partial charge in [0.25, 0.3) is 0 Å². The number of carbonyl (C=O) groups excluding carboxylic acids is 2. The summed E-state index contributed by atoms with van der Waals surface area (Å²) in [6.45, 7) is 5.02. The van der Waals surface area contributed by atoms with E-state index in [1.807, 2.05) is 0 Å². The molecule has 22 heavy (non-hydrogen) atoms. The van der Waals surface area contributed by atoms with Crippen molar-refractivity contribution in [2.24, 2.45) is 0 Å². The van der Waals surface area contributed by atoms with Crippen molar-refractivity contribution in [1.82, 2.24) is 4.98 Å². The Hall–Kier alpha value is -2.33. The highest BCUT2D eigenvalue weighted by atomic mass is 35.5. The first kappa shape index (κ1) is 14.6. The number of aryl methyl sites for hydroxylation is 1. The Bertz CT molecular complexity index is 918. The lowest BCUT2D eigenvalue weighted by atomic mass is 10.0. The normalized spacial score (nSPS) is 11.1. The van der Waals surface area contributed by atoms with Gasteiger partial charge in [0, 0.05) is 21.7 Å². The molecule has 0 amide bonds. The third-order valence-electron chi connectivity index (χ3n) is 3.72. The van der Waals surface area contributed by atoms with Gasteiger partial charge in [0.05, 0.1) is 5.69 Å². The topological polar surface area (TPSA) is 63.1 Å². The van der Waals surface area contributed by atoms with E-state index in [0.717, 1.165) is 5.39 Å². The van der Waals surface area contributed by atoms with Crippen molar-refractivity contribution in [2.75, 3.05) is 0 Å². The van der Waals surface area contributed by atoms with Crippen LogP contribution in [0.25, 0.3) is 11.0 Å². The Morgan fingerprint density at radius 1 is 1.18 bits per heavy atom. The van der Waals surface area contributed by atoms with Crippen molar-refractivity contribution >= 4 is 34.1 Å². The van der Waals surface area contributed by atoms with Gasteiger partial charge in [0.2, 0.25) is 5.78 Å². The zero-order valence-corrected chi connectivity index (χ0v) is 13.2. The molecular formula is C17H14ClNO3. The number of halogens is 1. The van der Waals surface area contributed by atoms with Crippen molar-refractivity contribution in [3.8, 4) is 0 Å². The second kappa shape index (κ2) is 5.14. The van der Waals surface area contributed by atoms with Gasteiger partial charge in [-0.25, -0.2) is 0 Å². The number of hydrogen-bond donors (Lipinski definition) is 1. The van der Waals surface area contributed by atoms with E-state index in [9.17, 15) is 9.59 Å². The van der Waals surface area contributed by atoms with Gasteiger partial charge >= 0.3 is 0 Å². The van der Waals surface area contributed by atoms with Gasteiger partial charge in [0.1, 0.15) is 5.58 Å². The number of fused-ring (bicyclic) bond motifs is 1. The standard InChI is InChI=1S/C17H14ClNO3/c1-8-15(10(3)20)9(2)19-16(8)17(21)14-7-11-6-12(18)4-5-13(11)22-14/h4-7,19H,1-3H3. The molecule has 2 heterocycles. The average molecular weight is 316 g/mol. The number of rotatable bonds is 3. The van der Waals surface area contributed by atoms with Crippen molar-refractivity contribution in [1.29, 1.82) is 0 Å². The molecule has 0 radical (unpaired) electrons. The first-order valence-electron chi connectivity index (χ1n) is 6.82. The van der Waals surface area contributed by atoms with E-state index in [4.69, 9.17) is 16.0 Å². The molecular weight excluding hydrogens is 302 g/mol. The van der Waals surface area contributed by atoms with Crippen LogP contribution in [0.5, 0.6) is 0 Å². The van der Waals surface area contributed by atoms with Crippen molar-refractivity contribution in [2.45, 2.75) is 20.8 Å². The van der Waals surface area contributed by atoms with Crippen molar-refractivity contribution < 1.29 is 14.0 Å². The summed E-state index contributed by atoms with van der Waals surface area (Å²) in [5.41, 5.74) is 2.87. The second-order valence-electron chi connectivity index (χ2n) is 5.30. The van der Waals surface area contributed by atoms with Crippen LogP contribution < -0.4 is 0 Å². The van der Waals surface area contributed by atoms with Crippen LogP contribution in [-0.4, -0.2) is 16.6 Å². The summed E-state index contributed by atoms with van der Waals surface area (Å²) in [6.07, 6.45) is 0. The van der Waals surface area contributed by atoms with Crippen LogP contribution in [0.2, 0.25) is 5.02 Å². The number of H-pyrrole nitrogens is 1. The zero-order valence-electron chi connectivity index (χ0n) is 12.4. The molecule has 112 valence electrons. The molecule has 0 atom stereocenters. The maximum atomic E-state index is 12.6. The van der Waals surface area contributed by atoms with E-state index in [-0.39, 0.29) is 17.3 Å². The number of ketones is 2. The van der Waals surface area contributed by atoms with E-state index in [0.29, 0.717) is 33.1 Å². The number of aromatic nitrogens is 1. The molecule has 1 aromatic carbocycles. The number of aromatic amines is 1. The number of furan rings is 1. The van der Waals surface area contributed by atoms with Crippen molar-refractivity contribution in [3.05, 3.63) is 57.6 Å².